The molecule has 0 aliphatic heterocycles. The molecule has 3 nitrogen and oxygen atoms in total. The molecule has 2 unspecified atom stereocenters. The van der Waals surface area contributed by atoms with Crippen LogP contribution in [0.15, 0.2) is 17.5 Å². The molecule has 4 heteroatoms. The van der Waals surface area contributed by atoms with Gasteiger partial charge in [0.1, 0.15) is 0 Å². The SMILES string of the molecule is CCCC(NC(=O)CC(C)NCC)c1cccs1. The highest BCUT2D eigenvalue weighted by Crippen LogP contribution is 2.23. The van der Waals surface area contributed by atoms with Crippen LogP contribution in [-0.4, -0.2) is 18.5 Å². The van der Waals surface area contributed by atoms with E-state index in [1.165, 1.54) is 4.88 Å². The van der Waals surface area contributed by atoms with Gasteiger partial charge in [0.15, 0.2) is 0 Å². The molecule has 1 rings (SSSR count). The van der Waals surface area contributed by atoms with E-state index < -0.39 is 0 Å². The van der Waals surface area contributed by atoms with E-state index in [9.17, 15) is 4.79 Å². The van der Waals surface area contributed by atoms with Crippen LogP contribution in [0.1, 0.15) is 51.0 Å². The van der Waals surface area contributed by atoms with Crippen molar-refractivity contribution in [1.82, 2.24) is 10.6 Å². The lowest BCUT2D eigenvalue weighted by Gasteiger charge is -2.18. The van der Waals surface area contributed by atoms with Crippen molar-refractivity contribution in [3.63, 3.8) is 0 Å². The molecule has 2 atom stereocenters. The average molecular weight is 268 g/mol. The van der Waals surface area contributed by atoms with Crippen molar-refractivity contribution in [2.24, 2.45) is 0 Å². The van der Waals surface area contributed by atoms with E-state index in [2.05, 4.69) is 35.9 Å². The number of hydrogen-bond acceptors (Lipinski definition) is 3. The van der Waals surface area contributed by atoms with Crippen LogP contribution in [0.25, 0.3) is 0 Å². The second-order valence-corrected chi connectivity index (χ2v) is 5.57. The highest BCUT2D eigenvalue weighted by Gasteiger charge is 2.16. The summed E-state index contributed by atoms with van der Waals surface area (Å²) in [4.78, 5) is 13.2. The first kappa shape index (κ1) is 15.2. The van der Waals surface area contributed by atoms with E-state index in [4.69, 9.17) is 0 Å². The largest absolute Gasteiger partial charge is 0.348 e. The van der Waals surface area contributed by atoms with E-state index in [-0.39, 0.29) is 18.0 Å². The molecular formula is C14H24N2OS. The maximum absolute atomic E-state index is 12.0. The van der Waals surface area contributed by atoms with Crippen molar-refractivity contribution >= 4 is 17.2 Å². The topological polar surface area (TPSA) is 41.1 Å². The molecule has 0 spiro atoms. The van der Waals surface area contributed by atoms with Crippen LogP contribution in [0.5, 0.6) is 0 Å². The Morgan fingerprint density at radius 1 is 1.44 bits per heavy atom. The lowest BCUT2D eigenvalue weighted by atomic mass is 10.1. The predicted molar refractivity (Wildman–Crippen MR) is 77.9 cm³/mol. The van der Waals surface area contributed by atoms with Gasteiger partial charge in [-0.1, -0.05) is 26.3 Å². The molecule has 2 N–H and O–H groups in total. The Morgan fingerprint density at radius 2 is 2.22 bits per heavy atom. The quantitative estimate of drug-likeness (QED) is 0.760. The van der Waals surface area contributed by atoms with E-state index in [1.54, 1.807) is 11.3 Å². The molecule has 0 saturated carbocycles. The summed E-state index contributed by atoms with van der Waals surface area (Å²) >= 11 is 1.71. The fourth-order valence-corrected chi connectivity index (χ4v) is 2.83. The molecule has 0 aliphatic rings. The minimum atomic E-state index is 0.135. The Bertz CT molecular complexity index is 338. The normalized spacial score (nSPS) is 14.2. The molecule has 1 aromatic rings. The number of carbonyl (C=O) groups is 1. The molecule has 1 aromatic heterocycles. The zero-order valence-electron chi connectivity index (χ0n) is 11.5. The molecule has 0 aromatic carbocycles. The van der Waals surface area contributed by atoms with Gasteiger partial charge in [0, 0.05) is 17.3 Å². The van der Waals surface area contributed by atoms with Gasteiger partial charge in [-0.25, -0.2) is 0 Å². The minimum Gasteiger partial charge on any atom is -0.348 e. The molecule has 0 saturated heterocycles. The summed E-state index contributed by atoms with van der Waals surface area (Å²) in [6.45, 7) is 7.15. The van der Waals surface area contributed by atoms with E-state index >= 15 is 0 Å². The predicted octanol–water partition coefficient (Wildman–Crippen LogP) is 3.09. The third-order valence-corrected chi connectivity index (χ3v) is 3.83. The molecule has 0 aliphatic carbocycles. The summed E-state index contributed by atoms with van der Waals surface area (Å²) in [7, 11) is 0. The highest BCUT2D eigenvalue weighted by atomic mass is 32.1. The molecular weight excluding hydrogens is 244 g/mol. The summed E-state index contributed by atoms with van der Waals surface area (Å²) in [6, 6.07) is 4.55. The molecule has 0 radical (unpaired) electrons. The highest BCUT2D eigenvalue weighted by molar-refractivity contribution is 7.10. The Hall–Kier alpha value is -0.870. The summed E-state index contributed by atoms with van der Waals surface area (Å²) in [5, 5.41) is 8.46. The first-order chi connectivity index (χ1) is 8.67. The maximum atomic E-state index is 12.0. The van der Waals surface area contributed by atoms with Gasteiger partial charge in [-0.05, 0) is 31.3 Å². The van der Waals surface area contributed by atoms with Crippen LogP contribution in [-0.2, 0) is 4.79 Å². The van der Waals surface area contributed by atoms with Gasteiger partial charge in [-0.2, -0.15) is 0 Å². The lowest BCUT2D eigenvalue weighted by molar-refractivity contribution is -0.122. The fourth-order valence-electron chi connectivity index (χ4n) is 2.02. The third kappa shape index (κ3) is 5.19. The first-order valence-corrected chi connectivity index (χ1v) is 7.61. The van der Waals surface area contributed by atoms with Crippen molar-refractivity contribution in [3.05, 3.63) is 22.4 Å². The zero-order chi connectivity index (χ0) is 13.4. The number of hydrogen-bond donors (Lipinski definition) is 2. The van der Waals surface area contributed by atoms with Gasteiger partial charge in [-0.3, -0.25) is 4.79 Å². The molecule has 1 heterocycles. The lowest BCUT2D eigenvalue weighted by Crippen LogP contribution is -2.35. The average Bonchev–Trinajstić information content (AvgIpc) is 2.81. The van der Waals surface area contributed by atoms with Crippen LogP contribution in [0.2, 0.25) is 0 Å². The Balaban J connectivity index is 2.48. The van der Waals surface area contributed by atoms with Gasteiger partial charge < -0.3 is 10.6 Å². The second kappa shape index (κ2) is 8.27. The second-order valence-electron chi connectivity index (χ2n) is 4.59. The van der Waals surface area contributed by atoms with E-state index in [1.807, 2.05) is 13.0 Å². The molecule has 102 valence electrons. The fraction of sp³-hybridized carbons (Fsp3) is 0.643. The van der Waals surface area contributed by atoms with Crippen LogP contribution in [0.3, 0.4) is 0 Å². The molecule has 0 bridgehead atoms. The zero-order valence-corrected chi connectivity index (χ0v) is 12.3. The Morgan fingerprint density at radius 3 is 2.78 bits per heavy atom. The number of rotatable bonds is 8. The van der Waals surface area contributed by atoms with Crippen LogP contribution < -0.4 is 10.6 Å². The Kier molecular flexibility index (Phi) is 6.98. The number of thiophene rings is 1. The summed E-state index contributed by atoms with van der Waals surface area (Å²) in [5.41, 5.74) is 0. The molecule has 18 heavy (non-hydrogen) atoms. The summed E-state index contributed by atoms with van der Waals surface area (Å²) in [5.74, 6) is 0.135. The van der Waals surface area contributed by atoms with Crippen molar-refractivity contribution in [2.75, 3.05) is 6.54 Å². The van der Waals surface area contributed by atoms with E-state index in [0.29, 0.717) is 6.42 Å². The van der Waals surface area contributed by atoms with E-state index in [0.717, 1.165) is 19.4 Å². The minimum absolute atomic E-state index is 0.135. The monoisotopic (exact) mass is 268 g/mol. The van der Waals surface area contributed by atoms with Crippen LogP contribution >= 0.6 is 11.3 Å². The standard InChI is InChI=1S/C14H24N2OS/c1-4-7-12(13-8-6-9-18-13)16-14(17)10-11(3)15-5-2/h6,8-9,11-12,15H,4-5,7,10H2,1-3H3,(H,16,17). The van der Waals surface area contributed by atoms with Gasteiger partial charge in [0.05, 0.1) is 6.04 Å². The van der Waals surface area contributed by atoms with Crippen molar-refractivity contribution in [3.8, 4) is 0 Å². The van der Waals surface area contributed by atoms with Crippen LogP contribution in [0.4, 0.5) is 0 Å². The smallest absolute Gasteiger partial charge is 0.222 e. The maximum Gasteiger partial charge on any atom is 0.222 e. The number of amides is 1. The summed E-state index contributed by atoms with van der Waals surface area (Å²) < 4.78 is 0. The van der Waals surface area contributed by atoms with Gasteiger partial charge >= 0.3 is 0 Å². The van der Waals surface area contributed by atoms with Crippen molar-refractivity contribution in [2.45, 2.75) is 52.1 Å². The Labute approximate surface area is 114 Å². The number of nitrogens with one attached hydrogen (secondary N) is 2. The molecule has 1 amide bonds. The van der Waals surface area contributed by atoms with Crippen molar-refractivity contribution < 1.29 is 4.79 Å². The first-order valence-electron chi connectivity index (χ1n) is 6.73. The van der Waals surface area contributed by atoms with Gasteiger partial charge in [0.25, 0.3) is 0 Å². The van der Waals surface area contributed by atoms with Crippen LogP contribution in [0, 0.1) is 0 Å². The molecule has 0 fully saturated rings. The van der Waals surface area contributed by atoms with Crippen molar-refractivity contribution in [1.29, 1.82) is 0 Å². The van der Waals surface area contributed by atoms with Gasteiger partial charge in [-0.15, -0.1) is 11.3 Å². The van der Waals surface area contributed by atoms with Gasteiger partial charge in [0.2, 0.25) is 5.91 Å². The third-order valence-electron chi connectivity index (χ3n) is 2.84. The summed E-state index contributed by atoms with van der Waals surface area (Å²) in [6.07, 6.45) is 2.62. The number of carbonyl (C=O) groups excluding carboxylic acids is 1.